The number of alkyl halides is 1. The van der Waals surface area contributed by atoms with Crippen molar-refractivity contribution in [2.45, 2.75) is 17.2 Å². The van der Waals surface area contributed by atoms with Crippen LogP contribution >= 0.6 is 27.5 Å². The zero-order chi connectivity index (χ0) is 13.8. The summed E-state index contributed by atoms with van der Waals surface area (Å²) in [6.45, 7) is 0.107. The van der Waals surface area contributed by atoms with Crippen LogP contribution < -0.4 is 0 Å². The fourth-order valence-electron chi connectivity index (χ4n) is 2.78. The molecule has 1 aromatic rings. The molecule has 1 N–H and O–H groups in total. The van der Waals surface area contributed by atoms with Gasteiger partial charge in [0, 0.05) is 27.4 Å². The summed E-state index contributed by atoms with van der Waals surface area (Å²) in [4.78, 5) is 24.5. The van der Waals surface area contributed by atoms with Gasteiger partial charge in [0.2, 0.25) is 0 Å². The molecule has 1 aromatic carbocycles. The maximum atomic E-state index is 12.3. The third-order valence-corrected chi connectivity index (χ3v) is 4.88. The molecule has 0 radical (unpaired) electrons. The number of nitrogens with zero attached hydrogens (tertiary/aromatic N) is 1. The van der Waals surface area contributed by atoms with Gasteiger partial charge in [0.1, 0.15) is 6.54 Å². The van der Waals surface area contributed by atoms with Crippen LogP contribution in [0, 0.1) is 0 Å². The largest absolute Gasteiger partial charge is 0.480 e. The highest BCUT2D eigenvalue weighted by molar-refractivity contribution is 9.10. The normalized spacial score (nSPS) is 28.4. The van der Waals surface area contributed by atoms with Gasteiger partial charge in [-0.25, -0.2) is 0 Å². The zero-order valence-electron chi connectivity index (χ0n) is 9.90. The van der Waals surface area contributed by atoms with Crippen LogP contribution in [0.25, 0.3) is 0 Å². The first-order chi connectivity index (χ1) is 8.94. The molecule has 2 unspecified atom stereocenters. The molecular formula is C13H11BrClNO3. The highest BCUT2D eigenvalue weighted by Gasteiger charge is 2.59. The maximum absolute atomic E-state index is 12.3. The molecule has 1 fully saturated rings. The molecule has 100 valence electrons. The van der Waals surface area contributed by atoms with E-state index in [1.165, 1.54) is 4.90 Å². The number of aliphatic carboxylic acids is 1. The highest BCUT2D eigenvalue weighted by atomic mass is 79.9. The lowest BCUT2D eigenvalue weighted by molar-refractivity contribution is -0.137. The number of carbonyl (C=O) groups excluding carboxylic acids is 1. The van der Waals surface area contributed by atoms with Crippen molar-refractivity contribution in [1.29, 1.82) is 0 Å². The van der Waals surface area contributed by atoms with Crippen molar-refractivity contribution < 1.29 is 14.7 Å². The van der Waals surface area contributed by atoms with Crippen LogP contribution in [0.15, 0.2) is 22.7 Å². The predicted molar refractivity (Wildman–Crippen MR) is 73.6 cm³/mol. The van der Waals surface area contributed by atoms with E-state index < -0.39 is 5.97 Å². The summed E-state index contributed by atoms with van der Waals surface area (Å²) in [7, 11) is 0. The molecule has 1 amide bonds. The van der Waals surface area contributed by atoms with Gasteiger partial charge in [-0.1, -0.05) is 15.9 Å². The Hall–Kier alpha value is -1.07. The van der Waals surface area contributed by atoms with E-state index in [9.17, 15) is 9.59 Å². The number of carbonyl (C=O) groups is 2. The standard InChI is InChI=1S/C13H11BrClNO3/c14-7-1-2-8-9(3-7)13(4-10(13)15)6-16(12(8)19)5-11(17)18/h1-3,10H,4-6H2,(H,17,18). The van der Waals surface area contributed by atoms with E-state index in [0.717, 1.165) is 16.5 Å². The number of fused-ring (bicyclic) bond motifs is 2. The lowest BCUT2D eigenvalue weighted by Crippen LogP contribution is -2.46. The van der Waals surface area contributed by atoms with Gasteiger partial charge in [0.25, 0.3) is 5.91 Å². The Labute approximate surface area is 123 Å². The predicted octanol–water partition coefficient (Wildman–Crippen LogP) is 2.24. The van der Waals surface area contributed by atoms with Gasteiger partial charge in [-0.15, -0.1) is 11.6 Å². The monoisotopic (exact) mass is 343 g/mol. The quantitative estimate of drug-likeness (QED) is 0.837. The Morgan fingerprint density at radius 1 is 1.58 bits per heavy atom. The molecule has 1 spiro atoms. The molecule has 1 heterocycles. The number of benzene rings is 1. The lowest BCUT2D eigenvalue weighted by Gasteiger charge is -2.34. The molecule has 4 nitrogen and oxygen atoms in total. The van der Waals surface area contributed by atoms with Gasteiger partial charge in [-0.05, 0) is 30.2 Å². The van der Waals surface area contributed by atoms with Gasteiger partial charge in [0.15, 0.2) is 0 Å². The molecule has 0 aromatic heterocycles. The van der Waals surface area contributed by atoms with Crippen molar-refractivity contribution in [3.8, 4) is 0 Å². The van der Waals surface area contributed by atoms with Gasteiger partial charge in [0.05, 0.1) is 0 Å². The van der Waals surface area contributed by atoms with E-state index in [1.807, 2.05) is 6.07 Å². The Morgan fingerprint density at radius 2 is 2.26 bits per heavy atom. The first kappa shape index (κ1) is 12.9. The number of rotatable bonds is 2. The summed E-state index contributed by atoms with van der Waals surface area (Å²) in [6, 6.07) is 5.45. The van der Waals surface area contributed by atoms with E-state index in [-0.39, 0.29) is 23.2 Å². The Bertz CT molecular complexity index is 591. The summed E-state index contributed by atoms with van der Waals surface area (Å²) in [6.07, 6.45) is 0.779. The van der Waals surface area contributed by atoms with E-state index in [4.69, 9.17) is 16.7 Å². The van der Waals surface area contributed by atoms with Crippen LogP contribution in [0.2, 0.25) is 0 Å². The molecular weight excluding hydrogens is 334 g/mol. The first-order valence-corrected chi connectivity index (χ1v) is 7.12. The minimum absolute atomic E-state index is 0.0371. The number of halogens is 2. The zero-order valence-corrected chi connectivity index (χ0v) is 12.2. The van der Waals surface area contributed by atoms with Gasteiger partial charge in [-0.3, -0.25) is 9.59 Å². The van der Waals surface area contributed by atoms with Crippen molar-refractivity contribution in [2.24, 2.45) is 0 Å². The van der Waals surface area contributed by atoms with E-state index >= 15 is 0 Å². The van der Waals surface area contributed by atoms with Crippen LogP contribution in [0.4, 0.5) is 0 Å². The number of hydrogen-bond acceptors (Lipinski definition) is 2. The average molecular weight is 345 g/mol. The van der Waals surface area contributed by atoms with Crippen LogP contribution in [0.3, 0.4) is 0 Å². The second-order valence-electron chi connectivity index (χ2n) is 5.07. The van der Waals surface area contributed by atoms with Gasteiger partial charge < -0.3 is 10.0 Å². The van der Waals surface area contributed by atoms with Crippen LogP contribution in [-0.4, -0.2) is 40.3 Å². The van der Waals surface area contributed by atoms with Crippen LogP contribution in [0.5, 0.6) is 0 Å². The SMILES string of the molecule is O=C(O)CN1CC2(CC2Cl)c2cc(Br)ccc2C1=O. The first-order valence-electron chi connectivity index (χ1n) is 5.89. The third kappa shape index (κ3) is 1.96. The Kier molecular flexibility index (Phi) is 2.87. The molecule has 19 heavy (non-hydrogen) atoms. The molecule has 1 aliphatic heterocycles. The smallest absolute Gasteiger partial charge is 0.323 e. The summed E-state index contributed by atoms with van der Waals surface area (Å²) in [5, 5.41) is 8.86. The van der Waals surface area contributed by atoms with Gasteiger partial charge >= 0.3 is 5.97 Å². The second-order valence-corrected chi connectivity index (χ2v) is 6.52. The van der Waals surface area contributed by atoms with E-state index in [0.29, 0.717) is 12.1 Å². The number of hydrogen-bond donors (Lipinski definition) is 1. The van der Waals surface area contributed by atoms with Crippen molar-refractivity contribution in [3.05, 3.63) is 33.8 Å². The Balaban J connectivity index is 2.07. The van der Waals surface area contributed by atoms with Crippen LogP contribution in [-0.2, 0) is 10.2 Å². The number of carboxylic acids is 1. The summed E-state index contributed by atoms with van der Waals surface area (Å²) in [5.41, 5.74) is 1.23. The minimum atomic E-state index is -1.00. The van der Waals surface area contributed by atoms with Crippen molar-refractivity contribution in [3.63, 3.8) is 0 Å². The molecule has 2 aliphatic rings. The highest BCUT2D eigenvalue weighted by Crippen LogP contribution is 2.56. The minimum Gasteiger partial charge on any atom is -0.480 e. The van der Waals surface area contributed by atoms with E-state index in [1.54, 1.807) is 12.1 Å². The van der Waals surface area contributed by atoms with E-state index in [2.05, 4.69) is 15.9 Å². The summed E-state index contributed by atoms with van der Waals surface area (Å²) in [5.74, 6) is -1.23. The van der Waals surface area contributed by atoms with Crippen LogP contribution in [0.1, 0.15) is 22.3 Å². The Morgan fingerprint density at radius 3 is 2.84 bits per heavy atom. The number of amides is 1. The summed E-state index contributed by atoms with van der Waals surface area (Å²) >= 11 is 9.65. The maximum Gasteiger partial charge on any atom is 0.323 e. The number of carboxylic acid groups (broad SMARTS) is 1. The molecule has 0 bridgehead atoms. The molecule has 6 heteroatoms. The molecule has 1 saturated carbocycles. The molecule has 1 aliphatic carbocycles. The van der Waals surface area contributed by atoms with Gasteiger partial charge in [-0.2, -0.15) is 0 Å². The lowest BCUT2D eigenvalue weighted by atomic mass is 9.86. The molecule has 2 atom stereocenters. The fourth-order valence-corrected chi connectivity index (χ4v) is 3.60. The summed E-state index contributed by atoms with van der Waals surface area (Å²) < 4.78 is 0.904. The molecule has 0 saturated heterocycles. The van der Waals surface area contributed by atoms with Crippen molar-refractivity contribution >= 4 is 39.4 Å². The van der Waals surface area contributed by atoms with Crippen molar-refractivity contribution in [1.82, 2.24) is 4.90 Å². The topological polar surface area (TPSA) is 57.6 Å². The second kappa shape index (κ2) is 4.21. The average Bonchev–Trinajstić information content (AvgIpc) is 2.97. The fraction of sp³-hybridized carbons (Fsp3) is 0.385. The molecule has 3 rings (SSSR count). The third-order valence-electron chi connectivity index (χ3n) is 3.82. The van der Waals surface area contributed by atoms with Crippen molar-refractivity contribution in [2.75, 3.05) is 13.1 Å².